The molecule has 0 saturated heterocycles. The van der Waals surface area contributed by atoms with Crippen LogP contribution in [0.15, 0.2) is 35.0 Å². The number of benzene rings is 1. The van der Waals surface area contributed by atoms with Gasteiger partial charge in [0, 0.05) is 27.1 Å². The number of amides is 1. The highest BCUT2D eigenvalue weighted by Gasteiger charge is 2.15. The van der Waals surface area contributed by atoms with Gasteiger partial charge in [0.05, 0.1) is 20.9 Å². The van der Waals surface area contributed by atoms with Crippen LogP contribution in [0.1, 0.15) is 10.4 Å². The lowest BCUT2D eigenvalue weighted by molar-refractivity contribution is -0.384. The summed E-state index contributed by atoms with van der Waals surface area (Å²) in [5.74, 6) is -0.391. The molecule has 0 radical (unpaired) electrons. The molecule has 0 saturated carbocycles. The average Bonchev–Trinajstić information content (AvgIpc) is 3.14. The van der Waals surface area contributed by atoms with Gasteiger partial charge >= 0.3 is 0 Å². The predicted octanol–water partition coefficient (Wildman–Crippen LogP) is 5.34. The third-order valence-electron chi connectivity index (χ3n) is 2.90. The van der Waals surface area contributed by atoms with Crippen molar-refractivity contribution in [1.29, 1.82) is 0 Å². The zero-order valence-corrected chi connectivity index (χ0v) is 14.8. The van der Waals surface area contributed by atoms with E-state index in [2.05, 4.69) is 10.3 Å². The maximum atomic E-state index is 12.2. The normalized spacial score (nSPS) is 10.6. The highest BCUT2D eigenvalue weighted by atomic mass is 35.5. The Bertz CT molecular complexity index is 919. The Morgan fingerprint density at radius 1 is 1.12 bits per heavy atom. The third-order valence-corrected chi connectivity index (χ3v) is 5.03. The molecular formula is C14H7Cl2N3O3S2. The first-order chi connectivity index (χ1) is 11.4. The summed E-state index contributed by atoms with van der Waals surface area (Å²) in [6, 6.07) is 5.98. The first-order valence-corrected chi connectivity index (χ1v) is 8.90. The van der Waals surface area contributed by atoms with Gasteiger partial charge in [-0.15, -0.1) is 22.7 Å². The quantitative estimate of drug-likeness (QED) is 0.473. The van der Waals surface area contributed by atoms with Gasteiger partial charge in [-0.3, -0.25) is 20.2 Å². The molecule has 0 bridgehead atoms. The van der Waals surface area contributed by atoms with Crippen LogP contribution in [0.3, 0.4) is 0 Å². The standard InChI is InChI=1S/C14H7Cl2N3O3S2/c15-8-1-7(2-9(16)3-8)13(20)18-14-17-11(6-24-14)12-4-10(5-23-12)19(21)22/h1-6H,(H,17,18,20). The molecule has 10 heteroatoms. The van der Waals surface area contributed by atoms with Crippen LogP contribution >= 0.6 is 45.9 Å². The molecule has 122 valence electrons. The number of carbonyl (C=O) groups excluding carboxylic acids is 1. The molecule has 24 heavy (non-hydrogen) atoms. The van der Waals surface area contributed by atoms with Crippen LogP contribution in [0.25, 0.3) is 10.6 Å². The molecular weight excluding hydrogens is 393 g/mol. The van der Waals surface area contributed by atoms with Crippen LogP contribution in [0, 0.1) is 10.1 Å². The van der Waals surface area contributed by atoms with Gasteiger partial charge in [0.1, 0.15) is 0 Å². The van der Waals surface area contributed by atoms with E-state index in [0.717, 1.165) is 0 Å². The number of carbonyl (C=O) groups is 1. The topological polar surface area (TPSA) is 85.1 Å². The largest absolute Gasteiger partial charge is 0.298 e. The van der Waals surface area contributed by atoms with E-state index in [9.17, 15) is 14.9 Å². The molecule has 2 aromatic heterocycles. The fourth-order valence-electron chi connectivity index (χ4n) is 1.85. The summed E-state index contributed by atoms with van der Waals surface area (Å²) in [7, 11) is 0. The van der Waals surface area contributed by atoms with Gasteiger partial charge in [-0.25, -0.2) is 4.98 Å². The molecule has 3 aromatic rings. The zero-order valence-electron chi connectivity index (χ0n) is 11.7. The van der Waals surface area contributed by atoms with Gasteiger partial charge in [-0.2, -0.15) is 0 Å². The highest BCUT2D eigenvalue weighted by Crippen LogP contribution is 2.33. The average molecular weight is 400 g/mol. The van der Waals surface area contributed by atoms with Crippen molar-refractivity contribution in [3.63, 3.8) is 0 Å². The van der Waals surface area contributed by atoms with Crippen LogP contribution in [0.4, 0.5) is 10.8 Å². The van der Waals surface area contributed by atoms with Gasteiger partial charge in [0.15, 0.2) is 5.13 Å². The second kappa shape index (κ2) is 6.86. The molecule has 0 atom stereocenters. The van der Waals surface area contributed by atoms with Crippen LogP contribution in [0.5, 0.6) is 0 Å². The Morgan fingerprint density at radius 2 is 1.83 bits per heavy atom. The molecule has 0 spiro atoms. The minimum Gasteiger partial charge on any atom is -0.298 e. The SMILES string of the molecule is O=C(Nc1nc(-c2cc([N+](=O)[O-])cs2)cs1)c1cc(Cl)cc(Cl)c1. The number of nitrogens with zero attached hydrogens (tertiary/aromatic N) is 2. The fraction of sp³-hybridized carbons (Fsp3) is 0. The third kappa shape index (κ3) is 3.73. The van der Waals surface area contributed by atoms with Crippen LogP contribution in [-0.2, 0) is 0 Å². The maximum absolute atomic E-state index is 12.2. The molecule has 1 N–H and O–H groups in total. The predicted molar refractivity (Wildman–Crippen MR) is 96.5 cm³/mol. The minimum atomic E-state index is -0.460. The molecule has 0 aliphatic heterocycles. The fourth-order valence-corrected chi connectivity index (χ4v) is 3.98. The molecule has 1 aromatic carbocycles. The van der Waals surface area contributed by atoms with E-state index in [0.29, 0.717) is 31.3 Å². The van der Waals surface area contributed by atoms with E-state index < -0.39 is 10.8 Å². The number of anilines is 1. The number of thiazole rings is 1. The first-order valence-electron chi connectivity index (χ1n) is 6.38. The molecule has 2 heterocycles. The maximum Gasteiger partial charge on any atom is 0.280 e. The number of nitrogens with one attached hydrogen (secondary N) is 1. The van der Waals surface area contributed by atoms with Crippen molar-refractivity contribution in [3.05, 3.63) is 60.7 Å². The highest BCUT2D eigenvalue weighted by molar-refractivity contribution is 7.16. The number of hydrogen-bond donors (Lipinski definition) is 1. The van der Waals surface area contributed by atoms with Gasteiger partial charge in [-0.05, 0) is 18.2 Å². The van der Waals surface area contributed by atoms with Crippen molar-refractivity contribution in [3.8, 4) is 10.6 Å². The van der Waals surface area contributed by atoms with Crippen molar-refractivity contribution in [1.82, 2.24) is 4.98 Å². The Labute approximate surface area is 153 Å². The Kier molecular flexibility index (Phi) is 4.81. The Balaban J connectivity index is 1.78. The van der Waals surface area contributed by atoms with Crippen molar-refractivity contribution in [2.24, 2.45) is 0 Å². The van der Waals surface area contributed by atoms with E-state index in [-0.39, 0.29) is 5.69 Å². The summed E-state index contributed by atoms with van der Waals surface area (Å²) in [6.07, 6.45) is 0. The minimum absolute atomic E-state index is 0.0159. The molecule has 6 nitrogen and oxygen atoms in total. The number of rotatable bonds is 4. The zero-order chi connectivity index (χ0) is 17.3. The number of hydrogen-bond acceptors (Lipinski definition) is 6. The van der Waals surface area contributed by atoms with Gasteiger partial charge in [-0.1, -0.05) is 23.2 Å². The number of aromatic nitrogens is 1. The number of thiophene rings is 1. The summed E-state index contributed by atoms with van der Waals surface area (Å²) in [6.45, 7) is 0. The number of halogens is 2. The molecule has 1 amide bonds. The van der Waals surface area contributed by atoms with E-state index >= 15 is 0 Å². The van der Waals surface area contributed by atoms with Crippen LogP contribution < -0.4 is 5.32 Å². The van der Waals surface area contributed by atoms with Gasteiger partial charge in [0.2, 0.25) is 0 Å². The Hall–Kier alpha value is -2.00. The van der Waals surface area contributed by atoms with E-state index in [4.69, 9.17) is 23.2 Å². The second-order valence-corrected chi connectivity index (χ2v) is 7.22. The summed E-state index contributed by atoms with van der Waals surface area (Å²) < 4.78 is 0. The van der Waals surface area contributed by atoms with E-state index in [1.54, 1.807) is 5.38 Å². The summed E-state index contributed by atoms with van der Waals surface area (Å²) in [5.41, 5.74) is 0.899. The molecule has 0 fully saturated rings. The van der Waals surface area contributed by atoms with Crippen molar-refractivity contribution >= 4 is 62.6 Å². The molecule has 0 aliphatic carbocycles. The summed E-state index contributed by atoms with van der Waals surface area (Å²) in [5, 5.41) is 17.6. The lowest BCUT2D eigenvalue weighted by atomic mass is 10.2. The van der Waals surface area contributed by atoms with Gasteiger partial charge in [0.25, 0.3) is 11.6 Å². The first kappa shape index (κ1) is 16.8. The van der Waals surface area contributed by atoms with Crippen LogP contribution in [-0.4, -0.2) is 15.8 Å². The summed E-state index contributed by atoms with van der Waals surface area (Å²) in [4.78, 5) is 27.4. The Morgan fingerprint density at radius 3 is 2.46 bits per heavy atom. The lowest BCUT2D eigenvalue weighted by Crippen LogP contribution is -2.11. The van der Waals surface area contributed by atoms with Crippen LogP contribution in [0.2, 0.25) is 10.0 Å². The molecule has 0 unspecified atom stereocenters. The lowest BCUT2D eigenvalue weighted by Gasteiger charge is -2.03. The van der Waals surface area contributed by atoms with Crippen molar-refractivity contribution < 1.29 is 9.72 Å². The second-order valence-electron chi connectivity index (χ2n) is 4.58. The molecule has 0 aliphatic rings. The van der Waals surface area contributed by atoms with E-state index in [1.807, 2.05) is 0 Å². The van der Waals surface area contributed by atoms with Gasteiger partial charge < -0.3 is 0 Å². The molecule has 3 rings (SSSR count). The van der Waals surface area contributed by atoms with E-state index in [1.165, 1.54) is 52.3 Å². The number of nitro groups is 1. The van der Waals surface area contributed by atoms with Crippen molar-refractivity contribution in [2.75, 3.05) is 5.32 Å². The van der Waals surface area contributed by atoms with Crippen molar-refractivity contribution in [2.45, 2.75) is 0 Å². The summed E-state index contributed by atoms with van der Waals surface area (Å²) >= 11 is 14.2. The smallest absolute Gasteiger partial charge is 0.280 e. The monoisotopic (exact) mass is 399 g/mol.